The Bertz CT molecular complexity index is 1340. The molecule has 3 aromatic carbocycles. The van der Waals surface area contributed by atoms with Gasteiger partial charge in [-0.1, -0.05) is 35.9 Å². The average molecular weight is 517 g/mol. The highest BCUT2D eigenvalue weighted by Gasteiger charge is 2.30. The first-order valence-corrected chi connectivity index (χ1v) is 11.1. The molecule has 0 unspecified atom stereocenters. The monoisotopic (exact) mass is 516 g/mol. The number of hydrogen-bond donors (Lipinski definition) is 1. The van der Waals surface area contributed by atoms with Crippen LogP contribution in [-0.4, -0.2) is 41.0 Å². The molecule has 36 heavy (non-hydrogen) atoms. The summed E-state index contributed by atoms with van der Waals surface area (Å²) < 4.78 is 50.9. The van der Waals surface area contributed by atoms with Crippen molar-refractivity contribution in [2.75, 3.05) is 25.6 Å². The maximum atomic E-state index is 13.0. The lowest BCUT2D eigenvalue weighted by atomic mass is 10.1. The van der Waals surface area contributed by atoms with Crippen LogP contribution in [0.2, 0.25) is 5.02 Å². The molecule has 1 aromatic heterocycles. The summed E-state index contributed by atoms with van der Waals surface area (Å²) >= 11 is 6.09. The second-order valence-electron chi connectivity index (χ2n) is 7.53. The zero-order valence-electron chi connectivity index (χ0n) is 18.9. The molecule has 0 saturated heterocycles. The lowest BCUT2D eigenvalue weighted by molar-refractivity contribution is -0.137. The third-order valence-electron chi connectivity index (χ3n) is 5.06. The van der Waals surface area contributed by atoms with Crippen LogP contribution in [0.4, 0.5) is 18.9 Å². The summed E-state index contributed by atoms with van der Waals surface area (Å²) in [6, 6.07) is 18.0. The molecule has 0 bridgehead atoms. The van der Waals surface area contributed by atoms with Crippen molar-refractivity contribution in [3.63, 3.8) is 0 Å². The Kier molecular flexibility index (Phi) is 7.56. The molecular weight excluding hydrogens is 497 g/mol. The summed E-state index contributed by atoms with van der Waals surface area (Å²) in [6.07, 6.45) is -4.45. The Labute approximate surface area is 209 Å². The van der Waals surface area contributed by atoms with Crippen molar-refractivity contribution in [3.05, 3.63) is 88.9 Å². The van der Waals surface area contributed by atoms with Gasteiger partial charge in [-0.15, -0.1) is 5.10 Å². The summed E-state index contributed by atoms with van der Waals surface area (Å²) in [7, 11) is 1.52. The average Bonchev–Trinajstić information content (AvgIpc) is 3.28. The van der Waals surface area contributed by atoms with Crippen molar-refractivity contribution in [1.82, 2.24) is 14.8 Å². The molecule has 1 heterocycles. The minimum atomic E-state index is -4.45. The van der Waals surface area contributed by atoms with Gasteiger partial charge in [-0.25, -0.2) is 4.68 Å². The highest BCUT2D eigenvalue weighted by atomic mass is 35.5. The summed E-state index contributed by atoms with van der Waals surface area (Å²) in [5.74, 6) is -0.0858. The van der Waals surface area contributed by atoms with Crippen molar-refractivity contribution < 1.29 is 27.4 Å². The standard InChI is InChI=1S/C25H20ClF3N4O3/c1-35-14-15-36-24-31-22(16-6-8-17(9-7-16)25(27,28)29)33(32-24)19-12-10-18(11-13-19)30-23(34)20-4-2-3-5-21(20)26/h2-13H,14-15H2,1H3,(H,30,34). The van der Waals surface area contributed by atoms with Crippen LogP contribution >= 0.6 is 11.6 Å². The first-order chi connectivity index (χ1) is 17.3. The van der Waals surface area contributed by atoms with Gasteiger partial charge in [-0.2, -0.15) is 18.2 Å². The number of alkyl halides is 3. The quantitative estimate of drug-likeness (QED) is 0.296. The van der Waals surface area contributed by atoms with E-state index in [0.717, 1.165) is 12.1 Å². The van der Waals surface area contributed by atoms with E-state index in [1.165, 1.54) is 23.9 Å². The van der Waals surface area contributed by atoms with Crippen molar-refractivity contribution in [2.45, 2.75) is 6.18 Å². The number of rotatable bonds is 8. The van der Waals surface area contributed by atoms with Crippen molar-refractivity contribution in [2.24, 2.45) is 0 Å². The minimum absolute atomic E-state index is 0.0399. The van der Waals surface area contributed by atoms with Crippen LogP contribution in [0.3, 0.4) is 0 Å². The van der Waals surface area contributed by atoms with Crippen LogP contribution in [-0.2, 0) is 10.9 Å². The Morgan fingerprint density at radius 3 is 2.33 bits per heavy atom. The van der Waals surface area contributed by atoms with E-state index in [4.69, 9.17) is 21.1 Å². The molecule has 1 amide bonds. The molecule has 0 aliphatic carbocycles. The highest BCUT2D eigenvalue weighted by Crippen LogP contribution is 2.31. The fourth-order valence-electron chi connectivity index (χ4n) is 3.28. The number of aromatic nitrogens is 3. The molecule has 0 aliphatic heterocycles. The third kappa shape index (κ3) is 5.84. The predicted molar refractivity (Wildman–Crippen MR) is 129 cm³/mol. The van der Waals surface area contributed by atoms with Gasteiger partial charge in [0.1, 0.15) is 6.61 Å². The predicted octanol–water partition coefficient (Wildman–Crippen LogP) is 5.88. The maximum absolute atomic E-state index is 13.0. The number of carbonyl (C=O) groups excluding carboxylic acids is 1. The van der Waals surface area contributed by atoms with Crippen LogP contribution in [0.5, 0.6) is 6.01 Å². The van der Waals surface area contributed by atoms with E-state index < -0.39 is 11.7 Å². The molecule has 0 radical (unpaired) electrons. The van der Waals surface area contributed by atoms with Gasteiger partial charge in [0, 0.05) is 18.4 Å². The van der Waals surface area contributed by atoms with Crippen molar-refractivity contribution >= 4 is 23.2 Å². The zero-order valence-corrected chi connectivity index (χ0v) is 19.7. The van der Waals surface area contributed by atoms with E-state index in [1.54, 1.807) is 48.5 Å². The molecule has 0 spiro atoms. The van der Waals surface area contributed by atoms with Gasteiger partial charge < -0.3 is 14.8 Å². The number of ether oxygens (including phenoxy) is 2. The molecular formula is C25H20ClF3N4O3. The normalized spacial score (nSPS) is 11.4. The Balaban J connectivity index is 1.62. The molecule has 7 nitrogen and oxygen atoms in total. The van der Waals surface area contributed by atoms with Gasteiger partial charge >= 0.3 is 12.2 Å². The summed E-state index contributed by atoms with van der Waals surface area (Å²) in [4.78, 5) is 16.9. The largest absolute Gasteiger partial charge is 0.460 e. The van der Waals surface area contributed by atoms with Gasteiger partial charge in [0.15, 0.2) is 5.82 Å². The summed E-state index contributed by atoms with van der Waals surface area (Å²) in [5, 5.41) is 7.45. The number of hydrogen-bond acceptors (Lipinski definition) is 5. The number of carbonyl (C=O) groups is 1. The van der Waals surface area contributed by atoms with E-state index in [0.29, 0.717) is 34.1 Å². The van der Waals surface area contributed by atoms with E-state index in [9.17, 15) is 18.0 Å². The topological polar surface area (TPSA) is 78.3 Å². The zero-order chi connectivity index (χ0) is 25.7. The smallest absolute Gasteiger partial charge is 0.416 e. The van der Waals surface area contributed by atoms with E-state index in [1.807, 2.05) is 0 Å². The Morgan fingerprint density at radius 1 is 1.00 bits per heavy atom. The van der Waals surface area contributed by atoms with Crippen LogP contribution < -0.4 is 10.1 Å². The third-order valence-corrected chi connectivity index (χ3v) is 5.39. The minimum Gasteiger partial charge on any atom is -0.460 e. The van der Waals surface area contributed by atoms with Crippen molar-refractivity contribution in [3.8, 4) is 23.1 Å². The molecule has 0 atom stereocenters. The van der Waals surface area contributed by atoms with Crippen LogP contribution in [0.15, 0.2) is 72.8 Å². The lowest BCUT2D eigenvalue weighted by Crippen LogP contribution is -2.12. The number of anilines is 1. The van der Waals surface area contributed by atoms with Crippen LogP contribution in [0.1, 0.15) is 15.9 Å². The number of nitrogens with zero attached hydrogens (tertiary/aromatic N) is 3. The van der Waals surface area contributed by atoms with Gasteiger partial charge in [0.05, 0.1) is 28.4 Å². The first kappa shape index (κ1) is 25.2. The van der Waals surface area contributed by atoms with Gasteiger partial charge in [0.25, 0.3) is 5.91 Å². The number of halogens is 4. The van der Waals surface area contributed by atoms with Crippen molar-refractivity contribution in [1.29, 1.82) is 0 Å². The Morgan fingerprint density at radius 2 is 1.69 bits per heavy atom. The lowest BCUT2D eigenvalue weighted by Gasteiger charge is -2.10. The fraction of sp³-hybridized carbons (Fsp3) is 0.160. The molecule has 0 aliphatic rings. The van der Waals surface area contributed by atoms with E-state index in [-0.39, 0.29) is 24.3 Å². The van der Waals surface area contributed by atoms with Gasteiger partial charge in [-0.05, 0) is 48.5 Å². The molecule has 4 rings (SSSR count). The van der Waals surface area contributed by atoms with Gasteiger partial charge in [-0.3, -0.25) is 4.79 Å². The number of nitrogens with one attached hydrogen (secondary N) is 1. The number of methoxy groups -OCH3 is 1. The molecule has 1 N–H and O–H groups in total. The van der Waals surface area contributed by atoms with Crippen LogP contribution in [0.25, 0.3) is 17.1 Å². The fourth-order valence-corrected chi connectivity index (χ4v) is 3.50. The summed E-state index contributed by atoms with van der Waals surface area (Å²) in [6.45, 7) is 0.504. The molecule has 11 heteroatoms. The summed E-state index contributed by atoms with van der Waals surface area (Å²) in [5.41, 5.74) is 1.04. The SMILES string of the molecule is COCCOc1nc(-c2ccc(C(F)(F)F)cc2)n(-c2ccc(NC(=O)c3ccccc3Cl)cc2)n1. The number of benzene rings is 3. The van der Waals surface area contributed by atoms with Crippen LogP contribution in [0, 0.1) is 0 Å². The number of amides is 1. The van der Waals surface area contributed by atoms with E-state index in [2.05, 4.69) is 15.4 Å². The molecule has 0 saturated carbocycles. The van der Waals surface area contributed by atoms with E-state index >= 15 is 0 Å². The molecule has 186 valence electrons. The highest BCUT2D eigenvalue weighted by molar-refractivity contribution is 6.34. The second-order valence-corrected chi connectivity index (χ2v) is 7.93. The molecule has 0 fully saturated rings. The second kappa shape index (κ2) is 10.8. The first-order valence-electron chi connectivity index (χ1n) is 10.7. The molecule has 4 aromatic rings. The Hall–Kier alpha value is -3.89. The van der Waals surface area contributed by atoms with Gasteiger partial charge in [0.2, 0.25) is 0 Å². The maximum Gasteiger partial charge on any atom is 0.416 e.